The average Bonchev–Trinajstić information content (AvgIpc) is 2.92. The van der Waals surface area contributed by atoms with E-state index in [2.05, 4.69) is 15.6 Å². The van der Waals surface area contributed by atoms with Crippen molar-refractivity contribution in [3.05, 3.63) is 18.2 Å². The van der Waals surface area contributed by atoms with Crippen LogP contribution in [0.25, 0.3) is 0 Å². The number of carboxylic acids is 1. The van der Waals surface area contributed by atoms with Crippen LogP contribution in [0.4, 0.5) is 4.79 Å². The molecule has 0 bridgehead atoms. The van der Waals surface area contributed by atoms with Crippen molar-refractivity contribution < 1.29 is 24.2 Å². The maximum atomic E-state index is 11.5. The molecule has 0 saturated carbocycles. The normalized spacial score (nSPS) is 11.9. The van der Waals surface area contributed by atoms with E-state index in [-0.39, 0.29) is 17.8 Å². The Kier molecular flexibility index (Phi) is 7.19. The third-order valence-corrected chi connectivity index (χ3v) is 2.68. The van der Waals surface area contributed by atoms with Crippen molar-refractivity contribution in [2.24, 2.45) is 0 Å². The Hall–Kier alpha value is -2.13. The lowest BCUT2D eigenvalue weighted by atomic mass is 10.4. The van der Waals surface area contributed by atoms with Crippen molar-refractivity contribution in [3.8, 4) is 0 Å². The van der Waals surface area contributed by atoms with Gasteiger partial charge in [-0.1, -0.05) is 0 Å². The van der Waals surface area contributed by atoms with Crippen LogP contribution in [0.15, 0.2) is 12.5 Å². The number of amides is 2. The first-order valence-electron chi connectivity index (χ1n) is 6.35. The van der Waals surface area contributed by atoms with Crippen LogP contribution in [-0.4, -0.2) is 66.7 Å². The molecule has 9 heteroatoms. The summed E-state index contributed by atoms with van der Waals surface area (Å²) >= 11 is 0. The fourth-order valence-corrected chi connectivity index (χ4v) is 1.56. The number of carbonyl (C=O) groups excluding carboxylic acids is 1. The number of methoxy groups -OCH3 is 2. The number of imidazole rings is 1. The van der Waals surface area contributed by atoms with Gasteiger partial charge >= 0.3 is 12.0 Å². The number of nitrogens with one attached hydrogen (secondary N) is 2. The van der Waals surface area contributed by atoms with Crippen LogP contribution in [0.2, 0.25) is 0 Å². The number of hydrogen-bond acceptors (Lipinski definition) is 5. The topological polar surface area (TPSA) is 115 Å². The summed E-state index contributed by atoms with van der Waals surface area (Å²) in [6.45, 7) is 1.51. The molecular formula is C12H20N4O5. The molecule has 1 aromatic rings. The Balaban J connectivity index is 2.22. The molecule has 0 aliphatic rings. The van der Waals surface area contributed by atoms with E-state index >= 15 is 0 Å². The van der Waals surface area contributed by atoms with Crippen molar-refractivity contribution in [2.45, 2.75) is 12.6 Å². The molecule has 3 N–H and O–H groups in total. The molecular weight excluding hydrogens is 280 g/mol. The lowest BCUT2D eigenvalue weighted by Gasteiger charge is -2.15. The van der Waals surface area contributed by atoms with Gasteiger partial charge in [-0.2, -0.15) is 0 Å². The number of rotatable bonds is 9. The Bertz CT molecular complexity index is 462. The molecule has 21 heavy (non-hydrogen) atoms. The van der Waals surface area contributed by atoms with E-state index in [1.165, 1.54) is 12.5 Å². The summed E-state index contributed by atoms with van der Waals surface area (Å²) in [7, 11) is 3.10. The molecule has 9 nitrogen and oxygen atoms in total. The summed E-state index contributed by atoms with van der Waals surface area (Å²) in [5.74, 6) is -1.08. The molecule has 1 heterocycles. The van der Waals surface area contributed by atoms with Crippen molar-refractivity contribution in [1.82, 2.24) is 20.2 Å². The van der Waals surface area contributed by atoms with E-state index in [0.717, 1.165) is 0 Å². The summed E-state index contributed by atoms with van der Waals surface area (Å²) in [6.07, 6.45) is 2.61. The van der Waals surface area contributed by atoms with Crippen LogP contribution in [0.3, 0.4) is 0 Å². The zero-order chi connectivity index (χ0) is 15.7. The molecule has 1 aromatic heterocycles. The minimum atomic E-state index is -1.08. The number of urea groups is 1. The Labute approximate surface area is 122 Å². The summed E-state index contributed by atoms with van der Waals surface area (Å²) in [5, 5.41) is 14.0. The first-order chi connectivity index (χ1) is 10.1. The average molecular weight is 300 g/mol. The van der Waals surface area contributed by atoms with Crippen LogP contribution in [-0.2, 0) is 16.0 Å². The van der Waals surface area contributed by atoms with E-state index in [1.54, 1.807) is 18.8 Å². The number of aromatic carboxylic acids is 1. The smallest absolute Gasteiger partial charge is 0.356 e. The van der Waals surface area contributed by atoms with Crippen molar-refractivity contribution in [1.29, 1.82) is 0 Å². The second-order valence-electron chi connectivity index (χ2n) is 4.25. The number of carbonyl (C=O) groups is 2. The highest BCUT2D eigenvalue weighted by atomic mass is 16.5. The Morgan fingerprint density at radius 3 is 2.76 bits per heavy atom. The molecule has 1 rings (SSSR count). The van der Waals surface area contributed by atoms with Gasteiger partial charge in [0.15, 0.2) is 5.69 Å². The number of hydrogen-bond donors (Lipinski definition) is 3. The van der Waals surface area contributed by atoms with Crippen LogP contribution < -0.4 is 10.6 Å². The number of aromatic nitrogens is 2. The lowest BCUT2D eigenvalue weighted by Crippen LogP contribution is -2.42. The summed E-state index contributed by atoms with van der Waals surface area (Å²) in [6, 6.07) is -0.327. The Morgan fingerprint density at radius 2 is 2.19 bits per heavy atom. The van der Waals surface area contributed by atoms with Gasteiger partial charge in [-0.05, 0) is 0 Å². The van der Waals surface area contributed by atoms with Gasteiger partial charge in [0.2, 0.25) is 0 Å². The Morgan fingerprint density at radius 1 is 1.43 bits per heavy atom. The van der Waals surface area contributed by atoms with E-state index < -0.39 is 5.97 Å². The van der Waals surface area contributed by atoms with Crippen LogP contribution in [0.5, 0.6) is 0 Å². The molecule has 0 aliphatic heterocycles. The predicted molar refractivity (Wildman–Crippen MR) is 73.3 cm³/mol. The maximum absolute atomic E-state index is 11.5. The molecule has 0 radical (unpaired) electrons. The summed E-state index contributed by atoms with van der Waals surface area (Å²) in [5.41, 5.74) is -0.0260. The number of nitrogens with zero attached hydrogens (tertiary/aromatic N) is 2. The first-order valence-corrected chi connectivity index (χ1v) is 6.35. The fraction of sp³-hybridized carbons (Fsp3) is 0.583. The molecule has 2 amide bonds. The van der Waals surface area contributed by atoms with Gasteiger partial charge in [-0.15, -0.1) is 0 Å². The van der Waals surface area contributed by atoms with Gasteiger partial charge in [0.1, 0.15) is 0 Å². The van der Waals surface area contributed by atoms with Crippen molar-refractivity contribution >= 4 is 12.0 Å². The van der Waals surface area contributed by atoms with E-state index in [9.17, 15) is 9.59 Å². The third-order valence-electron chi connectivity index (χ3n) is 2.68. The monoisotopic (exact) mass is 300 g/mol. The first kappa shape index (κ1) is 16.9. The SMILES string of the molecule is COCC(CNC(=O)NCCn1cnc(C(=O)O)c1)OC. The molecule has 0 aliphatic carbocycles. The van der Waals surface area contributed by atoms with Crippen LogP contribution in [0, 0.1) is 0 Å². The van der Waals surface area contributed by atoms with E-state index in [0.29, 0.717) is 26.2 Å². The van der Waals surface area contributed by atoms with Gasteiger partial charge in [-0.3, -0.25) is 0 Å². The largest absolute Gasteiger partial charge is 0.476 e. The minimum absolute atomic E-state index is 0.0260. The molecule has 0 fully saturated rings. The maximum Gasteiger partial charge on any atom is 0.356 e. The molecule has 1 unspecified atom stereocenters. The molecule has 118 valence electrons. The van der Waals surface area contributed by atoms with Crippen molar-refractivity contribution in [3.63, 3.8) is 0 Å². The van der Waals surface area contributed by atoms with E-state index in [1.807, 2.05) is 0 Å². The minimum Gasteiger partial charge on any atom is -0.476 e. The highest BCUT2D eigenvalue weighted by molar-refractivity contribution is 5.84. The third kappa shape index (κ3) is 6.23. The fourth-order valence-electron chi connectivity index (χ4n) is 1.56. The summed E-state index contributed by atoms with van der Waals surface area (Å²) < 4.78 is 11.6. The van der Waals surface area contributed by atoms with Gasteiger partial charge in [-0.25, -0.2) is 14.6 Å². The predicted octanol–water partition coefficient (Wildman–Crippen LogP) is -0.458. The molecule has 0 aromatic carbocycles. The highest BCUT2D eigenvalue weighted by Crippen LogP contribution is 1.95. The number of carboxylic acid groups (broad SMARTS) is 1. The van der Waals surface area contributed by atoms with Crippen molar-refractivity contribution in [2.75, 3.05) is 33.9 Å². The van der Waals surface area contributed by atoms with Gasteiger partial charge in [0.25, 0.3) is 0 Å². The van der Waals surface area contributed by atoms with Gasteiger partial charge in [0.05, 0.1) is 19.0 Å². The van der Waals surface area contributed by atoms with E-state index in [4.69, 9.17) is 14.6 Å². The standard InChI is InChI=1S/C12H20N4O5/c1-20-7-9(21-2)5-14-12(19)13-3-4-16-6-10(11(17)18)15-8-16/h6,8-9H,3-5,7H2,1-2H3,(H,17,18)(H2,13,14,19). The van der Waals surface area contributed by atoms with Crippen LogP contribution in [0.1, 0.15) is 10.5 Å². The molecule has 0 saturated heterocycles. The second kappa shape index (κ2) is 8.93. The van der Waals surface area contributed by atoms with Gasteiger partial charge < -0.3 is 29.8 Å². The van der Waals surface area contributed by atoms with Gasteiger partial charge in [0, 0.05) is 40.1 Å². The quantitative estimate of drug-likeness (QED) is 0.568. The molecule has 1 atom stereocenters. The molecule has 0 spiro atoms. The number of ether oxygens (including phenoxy) is 2. The lowest BCUT2D eigenvalue weighted by molar-refractivity contribution is 0.0304. The van der Waals surface area contributed by atoms with Crippen LogP contribution >= 0.6 is 0 Å². The summed E-state index contributed by atoms with van der Waals surface area (Å²) in [4.78, 5) is 25.9. The second-order valence-corrected chi connectivity index (χ2v) is 4.25. The zero-order valence-corrected chi connectivity index (χ0v) is 12.0. The highest BCUT2D eigenvalue weighted by Gasteiger charge is 2.09. The zero-order valence-electron chi connectivity index (χ0n) is 12.0.